The van der Waals surface area contributed by atoms with Gasteiger partial charge in [-0.15, -0.1) is 0 Å². The second kappa shape index (κ2) is 66.0. The van der Waals surface area contributed by atoms with E-state index in [1.165, 1.54) is 0 Å². The molecule has 0 unspecified atom stereocenters. The van der Waals surface area contributed by atoms with Gasteiger partial charge in [-0.1, -0.05) is 0 Å². The Morgan fingerprint density at radius 3 is 0.163 bits per heavy atom. The average molecular weight is 900 g/mol. The summed E-state index contributed by atoms with van der Waals surface area (Å²) in [6.45, 7) is 0. The molecule has 0 aliphatic heterocycles. The predicted molar refractivity (Wildman–Crippen MR) is 178 cm³/mol. The van der Waals surface area contributed by atoms with E-state index < -0.39 is 62.4 Å². The molecule has 24 nitrogen and oxygen atoms in total. The van der Waals surface area contributed by atoms with Crippen LogP contribution in [0.3, 0.4) is 0 Å². The van der Waals surface area contributed by atoms with Crippen LogP contribution in [0.2, 0.25) is 0 Å². The molecule has 0 saturated heterocycles. The molecule has 0 atom stereocenters. The molecular formula is H25Na13O24S6. The predicted octanol–water partition coefficient (Wildman–Crippen LogP) is -12.3. The molecule has 0 bridgehead atoms. The van der Waals surface area contributed by atoms with E-state index in [0.29, 0.717) is 0 Å². The van der Waals surface area contributed by atoms with E-state index in [0.717, 1.165) is 0 Å². The quantitative estimate of drug-likeness (QED) is 0.0793. The number of hydrogen-bond acceptors (Lipinski definition) is 12. The standard InChI is InChI=1S/13Na.6H2O4S.13H/c;;;;;;;;;;;;;6*1-5(2,3)4;;;;;;;;;;;;;/h;;;;;;;;;;;;;6*(H2,1,2,3,4);;;;;;;;;;;;;. The maximum atomic E-state index is 8.74. The molecule has 0 aliphatic rings. The molecule has 43 heavy (non-hydrogen) atoms. The zero-order valence-electron chi connectivity index (χ0n) is 12.7. The number of rotatable bonds is 0. The third kappa shape index (κ3) is 990. The zero-order chi connectivity index (χ0) is 27.0. The van der Waals surface area contributed by atoms with Gasteiger partial charge in [-0.05, 0) is 0 Å². The summed E-state index contributed by atoms with van der Waals surface area (Å²) in [6.07, 6.45) is 0. The normalized spacial score (nSPS) is 8.09. The van der Waals surface area contributed by atoms with Gasteiger partial charge in [0.25, 0.3) is 0 Å². The molecular weight excluding hydrogens is 875 g/mol. The molecule has 0 fully saturated rings. The number of hydrogen-bond donors (Lipinski definition) is 12. The van der Waals surface area contributed by atoms with E-state index in [1.807, 2.05) is 0 Å². The van der Waals surface area contributed by atoms with Crippen LogP contribution in [0.25, 0.3) is 0 Å². The fourth-order valence-electron chi connectivity index (χ4n) is 0. The molecule has 0 saturated carbocycles. The molecule has 0 rings (SSSR count). The van der Waals surface area contributed by atoms with Crippen molar-refractivity contribution in [3.63, 3.8) is 0 Å². The fourth-order valence-corrected chi connectivity index (χ4v) is 0. The van der Waals surface area contributed by atoms with Crippen LogP contribution < -0.4 is 0 Å². The van der Waals surface area contributed by atoms with Gasteiger partial charge in [0, 0.05) is 0 Å². The Hall–Kier alpha value is 12.2. The first-order valence-electron chi connectivity index (χ1n) is 4.19. The molecule has 0 aromatic heterocycles. The van der Waals surface area contributed by atoms with Crippen LogP contribution in [0.5, 0.6) is 0 Å². The Bertz CT molecular complexity index is 792. The Balaban J connectivity index is -0.00000000892. The minimum absolute atomic E-state index is 0. The van der Waals surface area contributed by atoms with E-state index in [-0.39, 0.29) is 384 Å². The molecule has 12 N–H and O–H groups in total. The van der Waals surface area contributed by atoms with Crippen molar-refractivity contribution in [2.45, 2.75) is 0 Å². The fraction of sp³-hybridized carbons (Fsp3) is 0. The van der Waals surface area contributed by atoms with Crippen molar-refractivity contribution in [3.8, 4) is 0 Å². The summed E-state index contributed by atoms with van der Waals surface area (Å²) >= 11 is 0. The van der Waals surface area contributed by atoms with Gasteiger partial charge in [0.1, 0.15) is 0 Å². The molecule has 0 amide bonds. The molecule has 0 spiro atoms. The van der Waals surface area contributed by atoms with Crippen LogP contribution in [-0.2, 0) is 62.4 Å². The van der Waals surface area contributed by atoms with Crippen molar-refractivity contribution in [2.75, 3.05) is 0 Å². The summed E-state index contributed by atoms with van der Waals surface area (Å²) < 4.78 is 190. The van der Waals surface area contributed by atoms with E-state index in [1.54, 1.807) is 0 Å². The minimum atomic E-state index is -4.67. The van der Waals surface area contributed by atoms with Gasteiger partial charge in [0.15, 0.2) is 0 Å². The van der Waals surface area contributed by atoms with E-state index in [9.17, 15) is 0 Å². The van der Waals surface area contributed by atoms with Crippen molar-refractivity contribution >= 4 is 447 Å². The van der Waals surface area contributed by atoms with E-state index in [2.05, 4.69) is 0 Å². The van der Waals surface area contributed by atoms with Crippen LogP contribution in [-0.4, -0.2) is 489 Å². The Kier molecular flexibility index (Phi) is 190. The second-order valence-electron chi connectivity index (χ2n) is 2.69. The van der Waals surface area contributed by atoms with Gasteiger partial charge in [0.2, 0.25) is 0 Å². The zero-order valence-corrected chi connectivity index (χ0v) is 17.6. The van der Waals surface area contributed by atoms with Gasteiger partial charge in [0.05, 0.1) is 0 Å². The van der Waals surface area contributed by atoms with Crippen LogP contribution in [0, 0.1) is 0 Å². The van der Waals surface area contributed by atoms with Gasteiger partial charge >= 0.3 is 447 Å². The van der Waals surface area contributed by atoms with Crippen molar-refractivity contribution in [3.05, 3.63) is 0 Å². The van der Waals surface area contributed by atoms with Crippen LogP contribution >= 0.6 is 0 Å². The van der Waals surface area contributed by atoms with E-state index in [4.69, 9.17) is 105 Å². The molecule has 218 valence electrons. The molecule has 0 aliphatic carbocycles. The molecule has 0 aromatic rings. The van der Waals surface area contributed by atoms with Gasteiger partial charge in [-0.3, -0.25) is 54.6 Å². The maximum absolute atomic E-state index is 8.74. The Labute approximate surface area is 537 Å². The first kappa shape index (κ1) is 124. The van der Waals surface area contributed by atoms with Gasteiger partial charge in [-0.2, -0.15) is 50.5 Å². The van der Waals surface area contributed by atoms with Crippen molar-refractivity contribution in [1.29, 1.82) is 0 Å². The SMILES string of the molecule is O=S(=O)(O)O.O=S(=O)(O)O.O=S(=O)(O)O.O=S(=O)(O)O.O=S(=O)(O)O.O=S(=O)(O)O.[NaH].[NaH].[NaH].[NaH].[NaH].[NaH].[NaH].[NaH].[NaH].[NaH].[NaH].[NaH].[NaH]. The molecule has 0 heterocycles. The van der Waals surface area contributed by atoms with Crippen molar-refractivity contribution < 1.29 is 105 Å². The Morgan fingerprint density at radius 2 is 0.163 bits per heavy atom. The summed E-state index contributed by atoms with van der Waals surface area (Å²) in [5.74, 6) is 0. The van der Waals surface area contributed by atoms with Crippen LogP contribution in [0.4, 0.5) is 0 Å². The summed E-state index contributed by atoms with van der Waals surface area (Å²) in [7, 11) is -28.0. The summed E-state index contributed by atoms with van der Waals surface area (Å²) in [5, 5.41) is 0. The summed E-state index contributed by atoms with van der Waals surface area (Å²) in [5.41, 5.74) is 0. The van der Waals surface area contributed by atoms with Crippen LogP contribution in [0.15, 0.2) is 0 Å². The molecule has 0 radical (unpaired) electrons. The van der Waals surface area contributed by atoms with Crippen LogP contribution in [0.1, 0.15) is 0 Å². The summed E-state index contributed by atoms with van der Waals surface area (Å²) in [6, 6.07) is 0. The third-order valence-electron chi connectivity index (χ3n) is 0. The monoisotopic (exact) mass is 900 g/mol. The second-order valence-corrected chi connectivity index (χ2v) is 8.06. The molecule has 43 heteroatoms. The third-order valence-corrected chi connectivity index (χ3v) is 0. The van der Waals surface area contributed by atoms with Gasteiger partial charge in [-0.25, -0.2) is 0 Å². The summed E-state index contributed by atoms with van der Waals surface area (Å²) in [4.78, 5) is 0. The van der Waals surface area contributed by atoms with Crippen molar-refractivity contribution in [2.24, 2.45) is 0 Å². The van der Waals surface area contributed by atoms with Crippen molar-refractivity contribution in [1.82, 2.24) is 0 Å². The topological polar surface area (TPSA) is 448 Å². The Morgan fingerprint density at radius 1 is 0.163 bits per heavy atom. The van der Waals surface area contributed by atoms with Gasteiger partial charge < -0.3 is 0 Å². The van der Waals surface area contributed by atoms with E-state index >= 15 is 0 Å². The first-order chi connectivity index (χ1) is 12.0. The average Bonchev–Trinajstić information content (AvgIpc) is 1.94. The first-order valence-corrected chi connectivity index (χ1v) is 12.6. The molecule has 0 aromatic carbocycles.